The molecule has 0 saturated carbocycles. The van der Waals surface area contributed by atoms with E-state index in [4.69, 9.17) is 0 Å². The number of hydrogen-bond acceptors (Lipinski definition) is 3. The summed E-state index contributed by atoms with van der Waals surface area (Å²) in [7, 11) is 0. The minimum Gasteiger partial charge on any atom is -0.480 e. The Labute approximate surface area is 124 Å². The Hall–Kier alpha value is -2.11. The van der Waals surface area contributed by atoms with Crippen LogP contribution in [-0.2, 0) is 11.3 Å². The number of carbonyl (C=O) groups is 2. The van der Waals surface area contributed by atoms with E-state index in [-0.39, 0.29) is 6.03 Å². The normalized spacial score (nSPS) is 18.9. The first-order valence-corrected chi connectivity index (χ1v) is 7.26. The summed E-state index contributed by atoms with van der Waals surface area (Å²) >= 11 is 0. The van der Waals surface area contributed by atoms with E-state index in [1.807, 2.05) is 13.0 Å². The van der Waals surface area contributed by atoms with Crippen LogP contribution in [0.1, 0.15) is 36.8 Å². The van der Waals surface area contributed by atoms with E-state index < -0.39 is 12.0 Å². The number of aryl methyl sites for hydroxylation is 1. The van der Waals surface area contributed by atoms with Crippen molar-refractivity contribution in [3.05, 3.63) is 29.6 Å². The predicted octanol–water partition coefficient (Wildman–Crippen LogP) is 1.93. The molecule has 1 aromatic heterocycles. The number of hydrogen-bond donors (Lipinski definition) is 2. The van der Waals surface area contributed by atoms with Gasteiger partial charge in [0.25, 0.3) is 0 Å². The van der Waals surface area contributed by atoms with Crippen LogP contribution in [0.4, 0.5) is 4.79 Å². The van der Waals surface area contributed by atoms with Gasteiger partial charge in [0, 0.05) is 25.5 Å². The van der Waals surface area contributed by atoms with Gasteiger partial charge in [0.2, 0.25) is 0 Å². The average molecular weight is 291 g/mol. The van der Waals surface area contributed by atoms with Crippen molar-refractivity contribution in [2.24, 2.45) is 0 Å². The van der Waals surface area contributed by atoms with Crippen LogP contribution in [0, 0.1) is 6.92 Å². The summed E-state index contributed by atoms with van der Waals surface area (Å²) in [5.41, 5.74) is 1.99. The largest absolute Gasteiger partial charge is 0.480 e. The molecule has 0 radical (unpaired) electrons. The number of carboxylic acids is 1. The molecule has 1 aliphatic heterocycles. The first kappa shape index (κ1) is 15.3. The Morgan fingerprint density at radius 3 is 2.95 bits per heavy atom. The molecule has 1 aliphatic rings. The van der Waals surface area contributed by atoms with Gasteiger partial charge in [0.05, 0.1) is 0 Å². The molecule has 0 aliphatic carbocycles. The summed E-state index contributed by atoms with van der Waals surface area (Å²) in [5.74, 6) is -0.926. The lowest BCUT2D eigenvalue weighted by Crippen LogP contribution is -2.49. The summed E-state index contributed by atoms with van der Waals surface area (Å²) in [4.78, 5) is 29.1. The second kappa shape index (κ2) is 7.06. The maximum absolute atomic E-state index is 12.3. The second-order valence-corrected chi connectivity index (χ2v) is 5.36. The van der Waals surface area contributed by atoms with Gasteiger partial charge in [-0.1, -0.05) is 12.8 Å². The van der Waals surface area contributed by atoms with Gasteiger partial charge < -0.3 is 15.3 Å². The van der Waals surface area contributed by atoms with Crippen molar-refractivity contribution < 1.29 is 14.7 Å². The van der Waals surface area contributed by atoms with Gasteiger partial charge in [-0.2, -0.15) is 0 Å². The zero-order valence-corrected chi connectivity index (χ0v) is 12.2. The highest BCUT2D eigenvalue weighted by molar-refractivity contribution is 5.82. The molecule has 2 N–H and O–H groups in total. The number of aromatic nitrogens is 1. The zero-order valence-electron chi connectivity index (χ0n) is 12.2. The van der Waals surface area contributed by atoms with Gasteiger partial charge in [-0.15, -0.1) is 0 Å². The molecule has 1 saturated heterocycles. The Kier molecular flexibility index (Phi) is 5.14. The number of nitrogens with one attached hydrogen (secondary N) is 1. The number of rotatable bonds is 3. The van der Waals surface area contributed by atoms with Crippen LogP contribution in [0.15, 0.2) is 18.5 Å². The summed E-state index contributed by atoms with van der Waals surface area (Å²) in [5, 5.41) is 12.1. The van der Waals surface area contributed by atoms with Crippen molar-refractivity contribution in [2.45, 2.75) is 45.2 Å². The number of carbonyl (C=O) groups excluding carboxylic acids is 1. The standard InChI is InChI=1S/C15H21N3O3/c1-11-6-7-16-9-12(11)10-17-15(21)18-8-4-2-3-5-13(18)14(19)20/h6-7,9,13H,2-5,8,10H2,1H3,(H,17,21)(H,19,20). The van der Waals surface area contributed by atoms with Crippen molar-refractivity contribution in [1.29, 1.82) is 0 Å². The van der Waals surface area contributed by atoms with E-state index >= 15 is 0 Å². The molecule has 0 aromatic carbocycles. The van der Waals surface area contributed by atoms with E-state index in [0.29, 0.717) is 19.5 Å². The fraction of sp³-hybridized carbons (Fsp3) is 0.533. The van der Waals surface area contributed by atoms with E-state index in [0.717, 1.165) is 30.4 Å². The molecule has 6 nitrogen and oxygen atoms in total. The minimum absolute atomic E-state index is 0.312. The van der Waals surface area contributed by atoms with Crippen LogP contribution < -0.4 is 5.32 Å². The molecule has 1 aromatic rings. The van der Waals surface area contributed by atoms with Crippen molar-refractivity contribution in [2.75, 3.05) is 6.54 Å². The number of aliphatic carboxylic acids is 1. The lowest BCUT2D eigenvalue weighted by atomic mass is 10.1. The molecule has 0 spiro atoms. The van der Waals surface area contributed by atoms with E-state index in [2.05, 4.69) is 10.3 Å². The molecular weight excluding hydrogens is 270 g/mol. The average Bonchev–Trinajstić information content (AvgIpc) is 2.72. The zero-order chi connectivity index (χ0) is 15.2. The van der Waals surface area contributed by atoms with Gasteiger partial charge in [0.15, 0.2) is 0 Å². The molecule has 0 bridgehead atoms. The molecule has 1 atom stereocenters. The van der Waals surface area contributed by atoms with Gasteiger partial charge in [-0.25, -0.2) is 9.59 Å². The molecular formula is C15H21N3O3. The monoisotopic (exact) mass is 291 g/mol. The molecule has 2 rings (SSSR count). The smallest absolute Gasteiger partial charge is 0.326 e. The van der Waals surface area contributed by atoms with Crippen LogP contribution in [0.3, 0.4) is 0 Å². The Morgan fingerprint density at radius 2 is 2.24 bits per heavy atom. The molecule has 114 valence electrons. The number of amides is 2. The van der Waals surface area contributed by atoms with Gasteiger partial charge in [-0.3, -0.25) is 4.98 Å². The highest BCUT2D eigenvalue weighted by atomic mass is 16.4. The first-order valence-electron chi connectivity index (χ1n) is 7.26. The van der Waals surface area contributed by atoms with Gasteiger partial charge >= 0.3 is 12.0 Å². The van der Waals surface area contributed by atoms with Crippen LogP contribution >= 0.6 is 0 Å². The lowest BCUT2D eigenvalue weighted by molar-refractivity contribution is -0.142. The summed E-state index contributed by atoms with van der Waals surface area (Å²) < 4.78 is 0. The summed E-state index contributed by atoms with van der Waals surface area (Å²) in [6, 6.07) is 0.850. The second-order valence-electron chi connectivity index (χ2n) is 5.36. The predicted molar refractivity (Wildman–Crippen MR) is 77.8 cm³/mol. The molecule has 2 heterocycles. The van der Waals surface area contributed by atoms with E-state index in [1.54, 1.807) is 12.4 Å². The minimum atomic E-state index is -0.926. The number of nitrogens with zero attached hydrogens (tertiary/aromatic N) is 2. The quantitative estimate of drug-likeness (QED) is 0.891. The SMILES string of the molecule is Cc1ccncc1CNC(=O)N1CCCCCC1C(=O)O. The molecule has 21 heavy (non-hydrogen) atoms. The highest BCUT2D eigenvalue weighted by Gasteiger charge is 2.30. The number of carboxylic acid groups (broad SMARTS) is 1. The third-order valence-electron chi connectivity index (χ3n) is 3.88. The lowest BCUT2D eigenvalue weighted by Gasteiger charge is -2.27. The molecule has 2 amide bonds. The van der Waals surface area contributed by atoms with Crippen molar-refractivity contribution in [1.82, 2.24) is 15.2 Å². The molecule has 1 unspecified atom stereocenters. The molecule has 6 heteroatoms. The number of pyridine rings is 1. The van der Waals surface area contributed by atoms with E-state index in [1.165, 1.54) is 4.90 Å². The van der Waals surface area contributed by atoms with Crippen LogP contribution in [0.25, 0.3) is 0 Å². The maximum Gasteiger partial charge on any atom is 0.326 e. The third-order valence-corrected chi connectivity index (χ3v) is 3.88. The number of urea groups is 1. The Morgan fingerprint density at radius 1 is 1.43 bits per heavy atom. The fourth-order valence-corrected chi connectivity index (χ4v) is 2.56. The van der Waals surface area contributed by atoms with Crippen LogP contribution in [-0.4, -0.2) is 39.6 Å². The van der Waals surface area contributed by atoms with Crippen molar-refractivity contribution in [3.63, 3.8) is 0 Å². The Bertz CT molecular complexity index is 519. The third kappa shape index (κ3) is 3.93. The topological polar surface area (TPSA) is 82.5 Å². The van der Waals surface area contributed by atoms with Crippen molar-refractivity contribution >= 4 is 12.0 Å². The Balaban J connectivity index is 2.00. The molecule has 1 fully saturated rings. The first-order chi connectivity index (χ1) is 10.1. The summed E-state index contributed by atoms with van der Waals surface area (Å²) in [6.07, 6.45) is 6.61. The van der Waals surface area contributed by atoms with Gasteiger partial charge in [-0.05, 0) is 37.0 Å². The fourth-order valence-electron chi connectivity index (χ4n) is 2.56. The van der Waals surface area contributed by atoms with Crippen LogP contribution in [0.5, 0.6) is 0 Å². The van der Waals surface area contributed by atoms with Gasteiger partial charge in [0.1, 0.15) is 6.04 Å². The number of likely N-dealkylation sites (tertiary alicyclic amines) is 1. The highest BCUT2D eigenvalue weighted by Crippen LogP contribution is 2.17. The summed E-state index contributed by atoms with van der Waals surface area (Å²) in [6.45, 7) is 2.81. The van der Waals surface area contributed by atoms with E-state index in [9.17, 15) is 14.7 Å². The van der Waals surface area contributed by atoms with Crippen molar-refractivity contribution in [3.8, 4) is 0 Å². The maximum atomic E-state index is 12.3. The van der Waals surface area contributed by atoms with Crippen LogP contribution in [0.2, 0.25) is 0 Å².